The predicted molar refractivity (Wildman–Crippen MR) is 107 cm³/mol. The summed E-state index contributed by atoms with van der Waals surface area (Å²) in [5.41, 5.74) is 0.654. The minimum absolute atomic E-state index is 0.0343. The summed E-state index contributed by atoms with van der Waals surface area (Å²) in [4.78, 5) is 17.3. The highest BCUT2D eigenvalue weighted by Gasteiger charge is 2.35. The van der Waals surface area contributed by atoms with Crippen molar-refractivity contribution in [2.45, 2.75) is 25.9 Å². The topological polar surface area (TPSA) is 38.0 Å². The van der Waals surface area contributed by atoms with Crippen molar-refractivity contribution in [1.29, 1.82) is 0 Å². The molecule has 0 bridgehead atoms. The molecular weight excluding hydrogens is 366 g/mol. The molecule has 0 unspecified atom stereocenters. The normalized spacial score (nSPS) is 22.6. The van der Waals surface area contributed by atoms with Gasteiger partial charge in [-0.3, -0.25) is 4.79 Å². The van der Waals surface area contributed by atoms with Crippen molar-refractivity contribution in [1.82, 2.24) is 5.32 Å². The number of likely N-dealkylation sites (N-methyl/N-ethyl adjacent to an activating group) is 1. The van der Waals surface area contributed by atoms with E-state index in [0.717, 1.165) is 13.1 Å². The number of carbonyl (C=O) groups is 1. The van der Waals surface area contributed by atoms with Crippen LogP contribution in [0.15, 0.2) is 41.8 Å². The molecule has 1 aromatic heterocycles. The number of benzene rings is 1. The molecule has 1 aromatic carbocycles. The van der Waals surface area contributed by atoms with E-state index < -0.39 is 0 Å². The molecule has 2 atom stereocenters. The number of carbonyl (C=O) groups excluding carboxylic acids is 1. The van der Waals surface area contributed by atoms with E-state index in [0.29, 0.717) is 16.6 Å². The van der Waals surface area contributed by atoms with Crippen LogP contribution in [0.25, 0.3) is 0 Å². The van der Waals surface area contributed by atoms with Crippen LogP contribution < -0.4 is 15.1 Å². The predicted octanol–water partition coefficient (Wildman–Crippen LogP) is 1.06. The lowest BCUT2D eigenvalue weighted by molar-refractivity contribution is -1.03. The monoisotopic (exact) mass is 393 g/mol. The summed E-state index contributed by atoms with van der Waals surface area (Å²) in [6.07, 6.45) is 0. The Morgan fingerprint density at radius 2 is 1.88 bits per heavy atom. The summed E-state index contributed by atoms with van der Waals surface area (Å²) in [5, 5.41) is 6.00. The Morgan fingerprint density at radius 1 is 1.19 bits per heavy atom. The van der Waals surface area contributed by atoms with Gasteiger partial charge < -0.3 is 15.1 Å². The highest BCUT2D eigenvalue weighted by Crippen LogP contribution is 2.20. The average Bonchev–Trinajstić information content (AvgIpc) is 3.17. The zero-order chi connectivity index (χ0) is 18.5. The summed E-state index contributed by atoms with van der Waals surface area (Å²) in [6.45, 7) is 10.3. The molecule has 3 rings (SSSR count). The molecule has 1 amide bonds. The second-order valence-electron chi connectivity index (χ2n) is 7.02. The largest absolute Gasteiger partial charge is 0.343 e. The summed E-state index contributed by atoms with van der Waals surface area (Å²) >= 11 is 7.72. The third kappa shape index (κ3) is 4.65. The molecule has 1 aliphatic rings. The Labute approximate surface area is 164 Å². The van der Waals surface area contributed by atoms with E-state index in [1.807, 2.05) is 0 Å². The van der Waals surface area contributed by atoms with Crippen molar-refractivity contribution in [3.8, 4) is 0 Å². The SMILES string of the molecule is CC[NH+]1CC[NH+]([C@H](c2cccs2)[C@@H](C)NC(=O)c2ccc(Cl)cc2)CC1. The van der Waals surface area contributed by atoms with Gasteiger partial charge in [0.15, 0.2) is 0 Å². The van der Waals surface area contributed by atoms with Crippen LogP contribution in [0, 0.1) is 0 Å². The van der Waals surface area contributed by atoms with Gasteiger partial charge in [0.25, 0.3) is 5.91 Å². The van der Waals surface area contributed by atoms with Crippen LogP contribution in [0.2, 0.25) is 5.02 Å². The van der Waals surface area contributed by atoms with Crippen LogP contribution in [0.5, 0.6) is 0 Å². The highest BCUT2D eigenvalue weighted by molar-refractivity contribution is 7.10. The molecule has 1 fully saturated rings. The summed E-state index contributed by atoms with van der Waals surface area (Å²) < 4.78 is 0. The quantitative estimate of drug-likeness (QED) is 0.674. The number of piperazine rings is 1. The molecule has 6 heteroatoms. The number of amides is 1. The Bertz CT molecular complexity index is 696. The first-order valence-electron chi connectivity index (χ1n) is 9.36. The lowest BCUT2D eigenvalue weighted by Crippen LogP contribution is -3.28. The van der Waals surface area contributed by atoms with Crippen molar-refractivity contribution in [3.63, 3.8) is 0 Å². The van der Waals surface area contributed by atoms with Gasteiger partial charge in [0.1, 0.15) is 32.2 Å². The van der Waals surface area contributed by atoms with Crippen LogP contribution in [0.1, 0.15) is 35.1 Å². The summed E-state index contributed by atoms with van der Waals surface area (Å²) in [7, 11) is 0. The molecule has 0 saturated carbocycles. The number of hydrogen-bond donors (Lipinski definition) is 3. The van der Waals surface area contributed by atoms with Gasteiger partial charge in [-0.2, -0.15) is 0 Å². The third-order valence-corrected chi connectivity index (χ3v) is 6.56. The van der Waals surface area contributed by atoms with Crippen molar-refractivity contribution in [2.24, 2.45) is 0 Å². The number of quaternary nitrogens is 2. The Hall–Kier alpha value is -1.40. The second-order valence-corrected chi connectivity index (χ2v) is 8.44. The molecule has 1 aliphatic heterocycles. The Kier molecular flexibility index (Phi) is 6.70. The average molecular weight is 394 g/mol. The second kappa shape index (κ2) is 9.00. The highest BCUT2D eigenvalue weighted by atomic mass is 35.5. The third-order valence-electron chi connectivity index (χ3n) is 5.35. The van der Waals surface area contributed by atoms with Crippen molar-refractivity contribution >= 4 is 28.8 Å². The summed E-state index contributed by atoms with van der Waals surface area (Å²) in [5.74, 6) is -0.0343. The molecule has 4 nitrogen and oxygen atoms in total. The van der Waals surface area contributed by atoms with Gasteiger partial charge in [-0.05, 0) is 49.6 Å². The standard InChI is InChI=1S/C20H26ClN3OS/c1-3-23-10-12-24(13-11-23)19(18-5-4-14-26-18)15(2)22-20(25)16-6-8-17(21)9-7-16/h4-9,14-15,19H,3,10-13H2,1-2H3,(H,22,25)/p+2/t15-,19+/m1/s1. The Morgan fingerprint density at radius 3 is 2.46 bits per heavy atom. The van der Waals surface area contributed by atoms with E-state index in [1.165, 1.54) is 24.5 Å². The van der Waals surface area contributed by atoms with E-state index in [1.54, 1.807) is 45.4 Å². The van der Waals surface area contributed by atoms with Crippen molar-refractivity contribution in [3.05, 3.63) is 57.2 Å². The van der Waals surface area contributed by atoms with Crippen molar-refractivity contribution in [2.75, 3.05) is 32.7 Å². The molecule has 0 aliphatic carbocycles. The first kappa shape index (κ1) is 19.4. The first-order chi connectivity index (χ1) is 12.6. The fourth-order valence-electron chi connectivity index (χ4n) is 3.83. The molecule has 26 heavy (non-hydrogen) atoms. The molecule has 0 radical (unpaired) electrons. The van der Waals surface area contributed by atoms with E-state index >= 15 is 0 Å². The van der Waals surface area contributed by atoms with E-state index in [-0.39, 0.29) is 11.9 Å². The molecule has 2 aromatic rings. The van der Waals surface area contributed by atoms with Crippen LogP contribution in [0.3, 0.4) is 0 Å². The minimum Gasteiger partial charge on any atom is -0.343 e. The number of rotatable bonds is 6. The van der Waals surface area contributed by atoms with Crippen LogP contribution >= 0.6 is 22.9 Å². The smallest absolute Gasteiger partial charge is 0.251 e. The fourth-order valence-corrected chi connectivity index (χ4v) is 4.95. The molecule has 0 spiro atoms. The van der Waals surface area contributed by atoms with Gasteiger partial charge in [0.2, 0.25) is 0 Å². The van der Waals surface area contributed by atoms with Crippen LogP contribution in [-0.2, 0) is 0 Å². The number of nitrogens with one attached hydrogen (secondary N) is 3. The van der Waals surface area contributed by atoms with Gasteiger partial charge in [-0.15, -0.1) is 11.3 Å². The number of halogens is 1. The lowest BCUT2D eigenvalue weighted by atomic mass is 10.0. The minimum atomic E-state index is -0.0343. The first-order valence-corrected chi connectivity index (χ1v) is 10.6. The zero-order valence-electron chi connectivity index (χ0n) is 15.4. The van der Waals surface area contributed by atoms with Crippen LogP contribution in [-0.4, -0.2) is 44.7 Å². The van der Waals surface area contributed by atoms with E-state index in [9.17, 15) is 4.79 Å². The lowest BCUT2D eigenvalue weighted by Gasteiger charge is -2.36. The maximum atomic E-state index is 12.7. The van der Waals surface area contributed by atoms with Crippen LogP contribution in [0.4, 0.5) is 0 Å². The number of thiophene rings is 1. The fraction of sp³-hybridized carbons (Fsp3) is 0.450. The van der Waals surface area contributed by atoms with Gasteiger partial charge >= 0.3 is 0 Å². The molecule has 2 heterocycles. The summed E-state index contributed by atoms with van der Waals surface area (Å²) in [6, 6.07) is 11.7. The maximum Gasteiger partial charge on any atom is 0.251 e. The maximum absolute atomic E-state index is 12.7. The Balaban J connectivity index is 1.72. The molecule has 140 valence electrons. The molecule has 1 saturated heterocycles. The van der Waals surface area contributed by atoms with E-state index in [4.69, 9.17) is 11.6 Å². The van der Waals surface area contributed by atoms with Gasteiger partial charge in [0.05, 0.1) is 17.5 Å². The van der Waals surface area contributed by atoms with Gasteiger partial charge in [0, 0.05) is 10.6 Å². The number of hydrogen-bond acceptors (Lipinski definition) is 2. The van der Waals surface area contributed by atoms with E-state index in [2.05, 4.69) is 36.7 Å². The van der Waals surface area contributed by atoms with Crippen molar-refractivity contribution < 1.29 is 14.6 Å². The zero-order valence-corrected chi connectivity index (χ0v) is 17.0. The van der Waals surface area contributed by atoms with Gasteiger partial charge in [-0.25, -0.2) is 0 Å². The van der Waals surface area contributed by atoms with Gasteiger partial charge in [-0.1, -0.05) is 17.7 Å². The molecular formula is C20H28ClN3OS+2. The molecule has 3 N–H and O–H groups in total.